The van der Waals surface area contributed by atoms with E-state index in [1.165, 1.54) is 36.6 Å². The first-order valence-electron chi connectivity index (χ1n) is 8.31. The molecule has 1 aromatic carbocycles. The van der Waals surface area contributed by atoms with Gasteiger partial charge in [0.1, 0.15) is 0 Å². The number of benzene rings is 1. The smallest absolute Gasteiger partial charge is 0.0704 e. The summed E-state index contributed by atoms with van der Waals surface area (Å²) in [6.45, 7) is 3.46. The highest BCUT2D eigenvalue weighted by Crippen LogP contribution is 2.43. The number of pyridine rings is 1. The van der Waals surface area contributed by atoms with Crippen molar-refractivity contribution in [1.29, 1.82) is 0 Å². The molecule has 1 saturated carbocycles. The molecule has 0 saturated heterocycles. The van der Waals surface area contributed by atoms with Gasteiger partial charge in [-0.05, 0) is 61.9 Å². The monoisotopic (exact) mass is 282 g/mol. The summed E-state index contributed by atoms with van der Waals surface area (Å²) in [6.07, 6.45) is 7.28. The van der Waals surface area contributed by atoms with Gasteiger partial charge in [0.25, 0.3) is 0 Å². The van der Waals surface area contributed by atoms with Crippen LogP contribution < -0.4 is 5.32 Å². The molecule has 2 nitrogen and oxygen atoms in total. The number of nitrogens with one attached hydrogen (secondary N) is 1. The van der Waals surface area contributed by atoms with E-state index in [0.29, 0.717) is 5.92 Å². The molecule has 2 heteroatoms. The van der Waals surface area contributed by atoms with Crippen molar-refractivity contribution in [1.82, 2.24) is 10.3 Å². The molecule has 1 aliphatic rings. The van der Waals surface area contributed by atoms with Gasteiger partial charge in [-0.25, -0.2) is 0 Å². The van der Waals surface area contributed by atoms with Crippen LogP contribution in [0.4, 0.5) is 0 Å². The lowest BCUT2D eigenvalue weighted by molar-refractivity contribution is 0.229. The average Bonchev–Trinajstić information content (AvgIpc) is 2.55. The summed E-state index contributed by atoms with van der Waals surface area (Å²) >= 11 is 0. The van der Waals surface area contributed by atoms with Gasteiger partial charge in [-0.15, -0.1) is 0 Å². The standard InChI is InChI=1S/C19H26N2/c1-3-14-9-10-15(13-20-2)18(12-14)16-6-4-8-19-17(16)7-5-11-21-19/h4-8,11,14-15,18,20H,3,9-10,12-13H2,1-2H3. The molecule has 0 radical (unpaired) electrons. The fourth-order valence-electron chi connectivity index (χ4n) is 4.03. The average molecular weight is 282 g/mol. The summed E-state index contributed by atoms with van der Waals surface area (Å²) < 4.78 is 0. The van der Waals surface area contributed by atoms with E-state index in [2.05, 4.69) is 54.6 Å². The summed E-state index contributed by atoms with van der Waals surface area (Å²) in [5.41, 5.74) is 2.65. The van der Waals surface area contributed by atoms with Crippen LogP contribution in [0.25, 0.3) is 10.9 Å². The first-order chi connectivity index (χ1) is 10.3. The molecule has 1 fully saturated rings. The second-order valence-electron chi connectivity index (χ2n) is 6.43. The zero-order valence-electron chi connectivity index (χ0n) is 13.2. The van der Waals surface area contributed by atoms with Crippen LogP contribution in [0.2, 0.25) is 0 Å². The fourth-order valence-corrected chi connectivity index (χ4v) is 4.03. The molecule has 2 aromatic rings. The Morgan fingerprint density at radius 2 is 2.10 bits per heavy atom. The molecule has 0 amide bonds. The van der Waals surface area contributed by atoms with Crippen molar-refractivity contribution in [2.24, 2.45) is 11.8 Å². The van der Waals surface area contributed by atoms with Gasteiger partial charge < -0.3 is 5.32 Å². The number of nitrogens with zero attached hydrogens (tertiary/aromatic N) is 1. The Balaban J connectivity index is 2.00. The van der Waals surface area contributed by atoms with E-state index in [0.717, 1.165) is 23.9 Å². The molecule has 0 aliphatic heterocycles. The van der Waals surface area contributed by atoms with E-state index in [9.17, 15) is 0 Å². The molecule has 3 atom stereocenters. The Labute approximate surface area is 128 Å². The van der Waals surface area contributed by atoms with E-state index in [1.807, 2.05) is 6.20 Å². The van der Waals surface area contributed by atoms with Crippen molar-refractivity contribution >= 4 is 10.9 Å². The minimum absolute atomic E-state index is 0.670. The highest BCUT2D eigenvalue weighted by molar-refractivity contribution is 5.82. The Morgan fingerprint density at radius 3 is 2.90 bits per heavy atom. The Morgan fingerprint density at radius 1 is 1.19 bits per heavy atom. The number of fused-ring (bicyclic) bond motifs is 1. The molecule has 1 aromatic heterocycles. The summed E-state index contributed by atoms with van der Waals surface area (Å²) in [5, 5.41) is 4.75. The van der Waals surface area contributed by atoms with Crippen LogP contribution in [0.3, 0.4) is 0 Å². The first kappa shape index (κ1) is 14.5. The summed E-state index contributed by atoms with van der Waals surface area (Å²) in [6, 6.07) is 10.9. The molecular weight excluding hydrogens is 256 g/mol. The predicted molar refractivity (Wildman–Crippen MR) is 89.5 cm³/mol. The topological polar surface area (TPSA) is 24.9 Å². The van der Waals surface area contributed by atoms with Crippen LogP contribution in [-0.2, 0) is 0 Å². The lowest BCUT2D eigenvalue weighted by Crippen LogP contribution is -2.30. The molecule has 112 valence electrons. The van der Waals surface area contributed by atoms with Crippen molar-refractivity contribution in [2.45, 2.75) is 38.5 Å². The third-order valence-electron chi connectivity index (χ3n) is 5.22. The zero-order chi connectivity index (χ0) is 14.7. The van der Waals surface area contributed by atoms with Crippen LogP contribution >= 0.6 is 0 Å². The third kappa shape index (κ3) is 2.96. The van der Waals surface area contributed by atoms with Crippen LogP contribution in [0.5, 0.6) is 0 Å². The zero-order valence-corrected chi connectivity index (χ0v) is 13.2. The maximum absolute atomic E-state index is 4.53. The largest absolute Gasteiger partial charge is 0.319 e. The molecular formula is C19H26N2. The normalized spacial score (nSPS) is 26.1. The second kappa shape index (κ2) is 6.57. The summed E-state index contributed by atoms with van der Waals surface area (Å²) in [4.78, 5) is 4.53. The second-order valence-corrected chi connectivity index (χ2v) is 6.43. The van der Waals surface area contributed by atoms with E-state index >= 15 is 0 Å². The van der Waals surface area contributed by atoms with Gasteiger partial charge in [0.05, 0.1) is 5.52 Å². The predicted octanol–water partition coefficient (Wildman–Crippen LogP) is 4.36. The quantitative estimate of drug-likeness (QED) is 0.901. The molecule has 3 rings (SSSR count). The SMILES string of the molecule is CCC1CCC(CNC)C(c2cccc3ncccc23)C1. The fraction of sp³-hybridized carbons (Fsp3) is 0.526. The van der Waals surface area contributed by atoms with Gasteiger partial charge in [-0.2, -0.15) is 0 Å². The van der Waals surface area contributed by atoms with Gasteiger partial charge in [0.2, 0.25) is 0 Å². The molecule has 1 heterocycles. The maximum Gasteiger partial charge on any atom is 0.0704 e. The minimum Gasteiger partial charge on any atom is -0.319 e. The van der Waals surface area contributed by atoms with Crippen LogP contribution in [0.1, 0.15) is 44.1 Å². The molecule has 1 N–H and O–H groups in total. The molecule has 0 bridgehead atoms. The van der Waals surface area contributed by atoms with E-state index in [4.69, 9.17) is 0 Å². The molecule has 1 aliphatic carbocycles. The van der Waals surface area contributed by atoms with Gasteiger partial charge in [0.15, 0.2) is 0 Å². The van der Waals surface area contributed by atoms with Crippen LogP contribution in [-0.4, -0.2) is 18.6 Å². The van der Waals surface area contributed by atoms with E-state index < -0.39 is 0 Å². The van der Waals surface area contributed by atoms with Crippen molar-refractivity contribution < 1.29 is 0 Å². The first-order valence-corrected chi connectivity index (χ1v) is 8.31. The summed E-state index contributed by atoms with van der Waals surface area (Å²) in [7, 11) is 2.08. The number of hydrogen-bond donors (Lipinski definition) is 1. The molecule has 3 unspecified atom stereocenters. The van der Waals surface area contributed by atoms with Crippen molar-refractivity contribution in [3.63, 3.8) is 0 Å². The maximum atomic E-state index is 4.53. The van der Waals surface area contributed by atoms with Gasteiger partial charge >= 0.3 is 0 Å². The minimum atomic E-state index is 0.670. The third-order valence-corrected chi connectivity index (χ3v) is 5.22. The van der Waals surface area contributed by atoms with Crippen LogP contribution in [0.15, 0.2) is 36.5 Å². The Hall–Kier alpha value is -1.41. The number of aromatic nitrogens is 1. The molecule has 21 heavy (non-hydrogen) atoms. The number of hydrogen-bond acceptors (Lipinski definition) is 2. The highest BCUT2D eigenvalue weighted by atomic mass is 14.8. The lowest BCUT2D eigenvalue weighted by atomic mass is 9.69. The van der Waals surface area contributed by atoms with E-state index in [1.54, 1.807) is 0 Å². The molecule has 0 spiro atoms. The van der Waals surface area contributed by atoms with Crippen molar-refractivity contribution in [3.05, 3.63) is 42.1 Å². The van der Waals surface area contributed by atoms with E-state index in [-0.39, 0.29) is 0 Å². The highest BCUT2D eigenvalue weighted by Gasteiger charge is 2.31. The lowest BCUT2D eigenvalue weighted by Gasteiger charge is -2.36. The Kier molecular flexibility index (Phi) is 4.54. The van der Waals surface area contributed by atoms with Crippen LogP contribution in [0, 0.1) is 11.8 Å². The van der Waals surface area contributed by atoms with Gasteiger partial charge in [-0.1, -0.05) is 38.0 Å². The number of rotatable bonds is 4. The van der Waals surface area contributed by atoms with Crippen molar-refractivity contribution in [3.8, 4) is 0 Å². The summed E-state index contributed by atoms with van der Waals surface area (Å²) in [5.74, 6) is 2.31. The van der Waals surface area contributed by atoms with Gasteiger partial charge in [0, 0.05) is 11.6 Å². The van der Waals surface area contributed by atoms with Crippen molar-refractivity contribution in [2.75, 3.05) is 13.6 Å². The van der Waals surface area contributed by atoms with Gasteiger partial charge in [-0.3, -0.25) is 4.98 Å². The Bertz CT molecular complexity index is 588.